The molecule has 1 aromatic carbocycles. The van der Waals surface area contributed by atoms with Crippen LogP contribution in [0.25, 0.3) is 22.3 Å². The Balaban J connectivity index is 1.84. The number of aryl methyl sites for hydroxylation is 1. The van der Waals surface area contributed by atoms with Gasteiger partial charge in [0.1, 0.15) is 5.69 Å². The van der Waals surface area contributed by atoms with Crippen LogP contribution in [0, 0.1) is 0 Å². The van der Waals surface area contributed by atoms with Crippen molar-refractivity contribution in [3.8, 4) is 11.4 Å². The summed E-state index contributed by atoms with van der Waals surface area (Å²) in [6, 6.07) is 9.76. The van der Waals surface area contributed by atoms with Crippen molar-refractivity contribution in [2.75, 3.05) is 0 Å². The zero-order valence-corrected chi connectivity index (χ0v) is 13.6. The molecule has 1 aliphatic rings. The third-order valence-electron chi connectivity index (χ3n) is 4.25. The number of hydrogen-bond acceptors (Lipinski definition) is 7. The van der Waals surface area contributed by atoms with Crippen molar-refractivity contribution < 1.29 is 0 Å². The van der Waals surface area contributed by atoms with Gasteiger partial charge in [-0.1, -0.05) is 18.2 Å². The van der Waals surface area contributed by atoms with E-state index in [4.69, 9.17) is 17.2 Å². The van der Waals surface area contributed by atoms with Gasteiger partial charge in [0.15, 0.2) is 11.5 Å². The smallest absolute Gasteiger partial charge is 0.188 e. The molecule has 8 heteroatoms. The van der Waals surface area contributed by atoms with Crippen molar-refractivity contribution in [2.24, 2.45) is 24.2 Å². The zero-order chi connectivity index (χ0) is 17.6. The van der Waals surface area contributed by atoms with Crippen molar-refractivity contribution in [1.29, 1.82) is 0 Å². The monoisotopic (exact) mass is 334 g/mol. The lowest BCUT2D eigenvalue weighted by Gasteiger charge is -2.31. The quantitative estimate of drug-likeness (QED) is 0.532. The van der Waals surface area contributed by atoms with Crippen LogP contribution in [0.5, 0.6) is 0 Å². The van der Waals surface area contributed by atoms with Gasteiger partial charge in [-0.3, -0.25) is 10.4 Å². The molecule has 3 aromatic rings. The van der Waals surface area contributed by atoms with Crippen LogP contribution < -0.4 is 22.5 Å². The molecule has 0 saturated heterocycles. The normalized spacial score (nSPS) is 20.1. The van der Waals surface area contributed by atoms with E-state index in [2.05, 4.69) is 20.4 Å². The number of aromatic nitrogens is 4. The summed E-state index contributed by atoms with van der Waals surface area (Å²) in [4.78, 5) is 8.91. The third-order valence-corrected chi connectivity index (χ3v) is 4.25. The highest BCUT2D eigenvalue weighted by atomic mass is 15.3. The minimum absolute atomic E-state index is 0.343. The third kappa shape index (κ3) is 2.31. The molecule has 3 heterocycles. The van der Waals surface area contributed by atoms with Gasteiger partial charge in [0.2, 0.25) is 0 Å². The molecule has 0 bridgehead atoms. The summed E-state index contributed by atoms with van der Waals surface area (Å²) in [6.45, 7) is 0. The van der Waals surface area contributed by atoms with E-state index in [1.165, 1.54) is 0 Å². The fraction of sp³-hybridized carbons (Fsp3) is 0.118. The first-order chi connectivity index (χ1) is 12.0. The van der Waals surface area contributed by atoms with Crippen molar-refractivity contribution >= 4 is 10.9 Å². The molecule has 8 nitrogen and oxygen atoms in total. The van der Waals surface area contributed by atoms with Crippen LogP contribution in [-0.4, -0.2) is 19.7 Å². The lowest BCUT2D eigenvalue weighted by molar-refractivity contribution is 0.425. The molecule has 0 spiro atoms. The number of nitrogens with zero attached hydrogens (tertiary/aromatic N) is 4. The highest BCUT2D eigenvalue weighted by Crippen LogP contribution is 2.28. The van der Waals surface area contributed by atoms with Gasteiger partial charge in [-0.05, 0) is 18.2 Å². The second-order valence-electron chi connectivity index (χ2n) is 5.95. The SMILES string of the molecule is Cn1nc(-c2ccnc(C3(N)NC=C(N)C=C3N)n2)c2ccccc21. The summed E-state index contributed by atoms with van der Waals surface area (Å²) < 4.78 is 1.82. The largest absolute Gasteiger partial charge is 0.399 e. The molecular formula is C17H18N8. The van der Waals surface area contributed by atoms with Gasteiger partial charge in [0.05, 0.1) is 16.9 Å². The van der Waals surface area contributed by atoms with Crippen LogP contribution in [0.1, 0.15) is 5.82 Å². The first kappa shape index (κ1) is 15.2. The number of allylic oxidation sites excluding steroid dienone is 1. The first-order valence-electron chi connectivity index (χ1n) is 7.74. The fourth-order valence-corrected chi connectivity index (χ4v) is 2.89. The summed E-state index contributed by atoms with van der Waals surface area (Å²) in [7, 11) is 1.90. The predicted molar refractivity (Wildman–Crippen MR) is 95.3 cm³/mol. The Hall–Kier alpha value is -3.39. The molecule has 0 amide bonds. The highest BCUT2D eigenvalue weighted by Gasteiger charge is 2.35. The summed E-state index contributed by atoms with van der Waals surface area (Å²) in [5, 5.41) is 8.57. The zero-order valence-electron chi connectivity index (χ0n) is 13.6. The Morgan fingerprint density at radius 1 is 1.16 bits per heavy atom. The van der Waals surface area contributed by atoms with Gasteiger partial charge in [-0.15, -0.1) is 0 Å². The topological polar surface area (TPSA) is 134 Å². The van der Waals surface area contributed by atoms with Crippen LogP contribution in [-0.2, 0) is 12.7 Å². The highest BCUT2D eigenvalue weighted by molar-refractivity contribution is 5.92. The minimum atomic E-state index is -1.22. The molecule has 1 unspecified atom stereocenters. The lowest BCUT2D eigenvalue weighted by atomic mass is 10.0. The number of benzene rings is 1. The van der Waals surface area contributed by atoms with Gasteiger partial charge in [-0.2, -0.15) is 5.10 Å². The fourth-order valence-electron chi connectivity index (χ4n) is 2.89. The molecule has 4 rings (SSSR count). The Kier molecular flexibility index (Phi) is 3.22. The number of nitrogens with two attached hydrogens (primary N) is 3. The molecule has 25 heavy (non-hydrogen) atoms. The van der Waals surface area contributed by atoms with E-state index in [9.17, 15) is 0 Å². The molecule has 0 saturated carbocycles. The molecule has 1 aliphatic heterocycles. The number of dihydropyridines is 1. The maximum atomic E-state index is 6.40. The van der Waals surface area contributed by atoms with Crippen LogP contribution in [0.4, 0.5) is 0 Å². The van der Waals surface area contributed by atoms with Crippen molar-refractivity contribution in [2.45, 2.75) is 5.66 Å². The van der Waals surface area contributed by atoms with Crippen molar-refractivity contribution in [3.05, 3.63) is 66.0 Å². The second-order valence-corrected chi connectivity index (χ2v) is 5.95. The molecular weight excluding hydrogens is 316 g/mol. The molecule has 0 aliphatic carbocycles. The average molecular weight is 334 g/mol. The van der Waals surface area contributed by atoms with Gasteiger partial charge in [0.25, 0.3) is 0 Å². The van der Waals surface area contributed by atoms with E-state index >= 15 is 0 Å². The van der Waals surface area contributed by atoms with Crippen LogP contribution in [0.2, 0.25) is 0 Å². The van der Waals surface area contributed by atoms with E-state index in [1.807, 2.05) is 36.0 Å². The lowest BCUT2D eigenvalue weighted by Crippen LogP contribution is -2.55. The summed E-state index contributed by atoms with van der Waals surface area (Å²) in [5.41, 5.74) is 20.3. The van der Waals surface area contributed by atoms with Crippen molar-refractivity contribution in [1.82, 2.24) is 25.1 Å². The molecule has 7 N–H and O–H groups in total. The Labute approximate surface area is 144 Å². The molecule has 1 atom stereocenters. The van der Waals surface area contributed by atoms with Gasteiger partial charge in [-0.25, -0.2) is 9.97 Å². The van der Waals surface area contributed by atoms with E-state index in [0.717, 1.165) is 16.6 Å². The molecule has 126 valence electrons. The average Bonchev–Trinajstić information content (AvgIpc) is 2.96. The molecule has 0 radical (unpaired) electrons. The summed E-state index contributed by atoms with van der Waals surface area (Å²) in [5.74, 6) is 0.345. The minimum Gasteiger partial charge on any atom is -0.399 e. The van der Waals surface area contributed by atoms with Crippen molar-refractivity contribution in [3.63, 3.8) is 0 Å². The first-order valence-corrected chi connectivity index (χ1v) is 7.74. The van der Waals surface area contributed by atoms with E-state index in [1.54, 1.807) is 24.5 Å². The number of para-hydroxylation sites is 1. The van der Waals surface area contributed by atoms with Crippen LogP contribution >= 0.6 is 0 Å². The Morgan fingerprint density at radius 2 is 1.96 bits per heavy atom. The van der Waals surface area contributed by atoms with E-state index in [0.29, 0.717) is 22.9 Å². The number of nitrogens with one attached hydrogen (secondary N) is 1. The maximum absolute atomic E-state index is 6.40. The van der Waals surface area contributed by atoms with Gasteiger partial charge >= 0.3 is 0 Å². The van der Waals surface area contributed by atoms with Crippen LogP contribution in [0.15, 0.2) is 60.2 Å². The number of hydrogen-bond donors (Lipinski definition) is 4. The number of fused-ring (bicyclic) bond motifs is 1. The standard InChI is InChI=1S/C17H18N8/c1-25-13-5-3-2-4-11(13)15(24-25)12-6-7-21-16(23-12)17(20)14(19)8-10(18)9-22-17/h2-9,22H,18-20H2,1H3. The Morgan fingerprint density at radius 3 is 2.76 bits per heavy atom. The van der Waals surface area contributed by atoms with E-state index in [-0.39, 0.29) is 0 Å². The van der Waals surface area contributed by atoms with Gasteiger partial charge < -0.3 is 16.8 Å². The second kappa shape index (κ2) is 5.32. The maximum Gasteiger partial charge on any atom is 0.188 e. The van der Waals surface area contributed by atoms with Crippen LogP contribution in [0.3, 0.4) is 0 Å². The molecule has 2 aromatic heterocycles. The predicted octanol–water partition coefficient (Wildman–Crippen LogP) is 0.388. The van der Waals surface area contributed by atoms with Gasteiger partial charge in [0, 0.05) is 30.5 Å². The summed E-state index contributed by atoms with van der Waals surface area (Å²) in [6.07, 6.45) is 4.83. The molecule has 0 fully saturated rings. The van der Waals surface area contributed by atoms with E-state index < -0.39 is 5.66 Å². The Bertz CT molecular complexity index is 1030. The summed E-state index contributed by atoms with van der Waals surface area (Å²) >= 11 is 0. The number of rotatable bonds is 2.